The van der Waals surface area contributed by atoms with Crippen LogP contribution in [0, 0.1) is 10.1 Å². The standard InChI is InChI=1S/C15H8BrN3O4S/c16-11-6-4-9(5-7-11)13-17-18-15(23-13)24-14(20)10-2-1-3-12(8-10)19(21)22/h1-8H. The summed E-state index contributed by atoms with van der Waals surface area (Å²) in [6.45, 7) is 0. The number of aromatic nitrogens is 2. The van der Waals surface area contributed by atoms with Crippen LogP contribution in [0.15, 0.2) is 62.6 Å². The van der Waals surface area contributed by atoms with Gasteiger partial charge in [-0.1, -0.05) is 22.0 Å². The van der Waals surface area contributed by atoms with Crippen LogP contribution in [0.5, 0.6) is 0 Å². The number of halogens is 1. The smallest absolute Gasteiger partial charge is 0.284 e. The first-order chi connectivity index (χ1) is 11.5. The van der Waals surface area contributed by atoms with Gasteiger partial charge in [0.2, 0.25) is 11.0 Å². The summed E-state index contributed by atoms with van der Waals surface area (Å²) in [5.74, 6) is 0.289. The Kier molecular flexibility index (Phi) is 4.72. The number of hydrogen-bond acceptors (Lipinski definition) is 7. The van der Waals surface area contributed by atoms with Crippen LogP contribution >= 0.6 is 27.7 Å². The third-order valence-corrected chi connectivity index (χ3v) is 4.26. The summed E-state index contributed by atoms with van der Waals surface area (Å²) in [7, 11) is 0. The molecule has 0 amide bonds. The maximum atomic E-state index is 12.2. The Labute approximate surface area is 148 Å². The molecular formula is C15H8BrN3O4S. The number of carbonyl (C=O) groups excluding carboxylic acids is 1. The molecule has 0 bridgehead atoms. The van der Waals surface area contributed by atoms with E-state index in [0.29, 0.717) is 0 Å². The highest BCUT2D eigenvalue weighted by Gasteiger charge is 2.17. The Morgan fingerprint density at radius 1 is 1.17 bits per heavy atom. The zero-order chi connectivity index (χ0) is 17.1. The number of non-ortho nitro benzene ring substituents is 1. The summed E-state index contributed by atoms with van der Waals surface area (Å²) in [6, 6.07) is 12.7. The molecule has 0 radical (unpaired) electrons. The number of rotatable bonds is 4. The van der Waals surface area contributed by atoms with E-state index in [1.54, 1.807) is 12.1 Å². The molecule has 0 saturated heterocycles. The maximum absolute atomic E-state index is 12.2. The van der Waals surface area contributed by atoms with E-state index in [4.69, 9.17) is 4.42 Å². The lowest BCUT2D eigenvalue weighted by atomic mass is 10.2. The van der Waals surface area contributed by atoms with Gasteiger partial charge >= 0.3 is 0 Å². The Hall–Kier alpha value is -2.52. The fourth-order valence-corrected chi connectivity index (χ4v) is 2.71. The SMILES string of the molecule is O=C(Sc1nnc(-c2ccc(Br)cc2)o1)c1cccc([N+](=O)[O-])c1. The minimum absolute atomic E-state index is 0.0735. The molecule has 0 aliphatic heterocycles. The van der Waals surface area contributed by atoms with Gasteiger partial charge in [-0.25, -0.2) is 0 Å². The lowest BCUT2D eigenvalue weighted by molar-refractivity contribution is -0.384. The number of thioether (sulfide) groups is 1. The number of carbonyl (C=O) groups is 1. The summed E-state index contributed by atoms with van der Waals surface area (Å²) in [6.07, 6.45) is 0. The lowest BCUT2D eigenvalue weighted by Crippen LogP contribution is -1.95. The number of nitro groups is 1. The molecule has 120 valence electrons. The number of benzene rings is 2. The Morgan fingerprint density at radius 3 is 2.62 bits per heavy atom. The fraction of sp³-hybridized carbons (Fsp3) is 0. The largest absolute Gasteiger partial charge is 0.411 e. The molecule has 1 aromatic heterocycles. The second-order valence-electron chi connectivity index (χ2n) is 4.58. The Morgan fingerprint density at radius 2 is 1.92 bits per heavy atom. The van der Waals surface area contributed by atoms with Gasteiger partial charge in [-0.15, -0.1) is 10.2 Å². The number of nitro benzene ring substituents is 1. The van der Waals surface area contributed by atoms with Crippen molar-refractivity contribution in [3.63, 3.8) is 0 Å². The van der Waals surface area contributed by atoms with E-state index in [0.717, 1.165) is 21.8 Å². The molecule has 0 spiro atoms. The van der Waals surface area contributed by atoms with Crippen molar-refractivity contribution in [2.24, 2.45) is 0 Å². The minimum atomic E-state index is -0.556. The van der Waals surface area contributed by atoms with Crippen LogP contribution in [0.2, 0.25) is 0 Å². The molecule has 3 aromatic rings. The zero-order valence-corrected chi connectivity index (χ0v) is 14.3. The van der Waals surface area contributed by atoms with Gasteiger partial charge in [0.15, 0.2) is 0 Å². The Balaban J connectivity index is 1.77. The van der Waals surface area contributed by atoms with Crippen molar-refractivity contribution in [3.05, 3.63) is 68.7 Å². The average Bonchev–Trinajstić information content (AvgIpc) is 3.04. The van der Waals surface area contributed by atoms with E-state index >= 15 is 0 Å². The summed E-state index contributed by atoms with van der Waals surface area (Å²) >= 11 is 4.06. The van der Waals surface area contributed by atoms with Gasteiger partial charge in [0.25, 0.3) is 10.9 Å². The van der Waals surface area contributed by atoms with E-state index in [1.807, 2.05) is 12.1 Å². The zero-order valence-electron chi connectivity index (χ0n) is 11.9. The first-order valence-corrected chi connectivity index (χ1v) is 8.20. The normalized spacial score (nSPS) is 10.5. The monoisotopic (exact) mass is 405 g/mol. The minimum Gasteiger partial charge on any atom is -0.411 e. The molecule has 0 N–H and O–H groups in total. The predicted octanol–water partition coefficient (Wildman–Crippen LogP) is 4.34. The second kappa shape index (κ2) is 6.93. The molecule has 0 fully saturated rings. The summed E-state index contributed by atoms with van der Waals surface area (Å²) in [5.41, 5.74) is 0.764. The van der Waals surface area contributed by atoms with E-state index in [1.165, 1.54) is 24.3 Å². The van der Waals surface area contributed by atoms with Crippen molar-refractivity contribution < 1.29 is 14.1 Å². The van der Waals surface area contributed by atoms with Crippen molar-refractivity contribution in [2.45, 2.75) is 5.22 Å². The number of nitrogens with zero attached hydrogens (tertiary/aromatic N) is 3. The van der Waals surface area contributed by atoms with Gasteiger partial charge in [-0.2, -0.15) is 0 Å². The highest BCUT2D eigenvalue weighted by molar-refractivity contribution is 9.10. The van der Waals surface area contributed by atoms with Gasteiger partial charge in [0.1, 0.15) is 0 Å². The maximum Gasteiger partial charge on any atom is 0.284 e. The quantitative estimate of drug-likeness (QED) is 0.361. The fourth-order valence-electron chi connectivity index (χ4n) is 1.84. The van der Waals surface area contributed by atoms with Crippen LogP contribution in [0.1, 0.15) is 10.4 Å². The molecule has 1 heterocycles. The molecular weight excluding hydrogens is 398 g/mol. The van der Waals surface area contributed by atoms with Crippen LogP contribution in [0.3, 0.4) is 0 Å². The number of hydrogen-bond donors (Lipinski definition) is 0. The molecule has 9 heteroatoms. The van der Waals surface area contributed by atoms with E-state index in [-0.39, 0.29) is 22.4 Å². The van der Waals surface area contributed by atoms with E-state index < -0.39 is 10.0 Å². The Bertz CT molecular complexity index is 911. The summed E-state index contributed by atoms with van der Waals surface area (Å²) < 4.78 is 6.37. The van der Waals surface area contributed by atoms with Gasteiger partial charge in [-0.3, -0.25) is 14.9 Å². The molecule has 0 atom stereocenters. The third-order valence-electron chi connectivity index (χ3n) is 2.97. The van der Waals surface area contributed by atoms with Crippen molar-refractivity contribution in [3.8, 4) is 11.5 Å². The molecule has 0 unspecified atom stereocenters. The predicted molar refractivity (Wildman–Crippen MR) is 90.7 cm³/mol. The average molecular weight is 406 g/mol. The first kappa shape index (κ1) is 16.3. The highest BCUT2D eigenvalue weighted by atomic mass is 79.9. The van der Waals surface area contributed by atoms with Gasteiger partial charge < -0.3 is 4.42 Å². The molecule has 3 rings (SSSR count). The van der Waals surface area contributed by atoms with Gasteiger partial charge in [0.05, 0.1) is 4.92 Å². The first-order valence-electron chi connectivity index (χ1n) is 6.59. The van der Waals surface area contributed by atoms with Crippen LogP contribution < -0.4 is 0 Å². The summed E-state index contributed by atoms with van der Waals surface area (Å²) in [5, 5.41) is 18.1. The van der Waals surface area contributed by atoms with Crippen LogP contribution in [0.25, 0.3) is 11.5 Å². The van der Waals surface area contributed by atoms with Crippen molar-refractivity contribution in [2.75, 3.05) is 0 Å². The van der Waals surface area contributed by atoms with Gasteiger partial charge in [-0.05, 0) is 30.3 Å². The second-order valence-corrected chi connectivity index (χ2v) is 6.42. The van der Waals surface area contributed by atoms with Gasteiger partial charge in [0, 0.05) is 39.5 Å². The molecule has 2 aromatic carbocycles. The highest BCUT2D eigenvalue weighted by Crippen LogP contribution is 2.27. The van der Waals surface area contributed by atoms with Crippen molar-refractivity contribution >= 4 is 38.5 Å². The third kappa shape index (κ3) is 3.69. The molecule has 0 aliphatic rings. The topological polar surface area (TPSA) is 99.1 Å². The molecule has 0 aliphatic carbocycles. The molecule has 0 saturated carbocycles. The lowest BCUT2D eigenvalue weighted by Gasteiger charge is -1.97. The van der Waals surface area contributed by atoms with Crippen molar-refractivity contribution in [1.29, 1.82) is 0 Å². The van der Waals surface area contributed by atoms with Crippen molar-refractivity contribution in [1.82, 2.24) is 10.2 Å². The van der Waals surface area contributed by atoms with E-state index in [9.17, 15) is 14.9 Å². The summed E-state index contributed by atoms with van der Waals surface area (Å²) in [4.78, 5) is 22.4. The molecule has 7 nitrogen and oxygen atoms in total. The van der Waals surface area contributed by atoms with Crippen LogP contribution in [-0.2, 0) is 0 Å². The van der Waals surface area contributed by atoms with E-state index in [2.05, 4.69) is 26.1 Å². The van der Waals surface area contributed by atoms with Crippen LogP contribution in [0.4, 0.5) is 5.69 Å². The molecule has 24 heavy (non-hydrogen) atoms. The van der Waals surface area contributed by atoms with Crippen LogP contribution in [-0.4, -0.2) is 20.2 Å².